The van der Waals surface area contributed by atoms with Crippen molar-refractivity contribution in [2.24, 2.45) is 0 Å². The monoisotopic (exact) mass is 618 g/mol. The Balaban J connectivity index is 1.53. The van der Waals surface area contributed by atoms with Crippen LogP contribution in [0.3, 0.4) is 0 Å². The number of ketones is 1. The number of halogens is 6. The summed E-state index contributed by atoms with van der Waals surface area (Å²) in [4.78, 5) is 23.4. The lowest BCUT2D eigenvalue weighted by molar-refractivity contribution is -0.145. The second-order valence-electron chi connectivity index (χ2n) is 8.72. The fourth-order valence-electron chi connectivity index (χ4n) is 4.21. The number of hydrogen-bond donors (Lipinski definition) is 0. The van der Waals surface area contributed by atoms with Gasteiger partial charge in [0.25, 0.3) is 0 Å². The fraction of sp³-hybridized carbons (Fsp3) is 0.333. The zero-order valence-electron chi connectivity index (χ0n) is 19.7. The molecule has 38 heavy (non-hydrogen) atoms. The Bertz CT molecular complexity index is 1440. The highest BCUT2D eigenvalue weighted by Crippen LogP contribution is 2.35. The van der Waals surface area contributed by atoms with Gasteiger partial charge in [0.15, 0.2) is 5.78 Å². The van der Waals surface area contributed by atoms with Gasteiger partial charge in [-0.25, -0.2) is 27.2 Å². The number of benzene rings is 1. The summed E-state index contributed by atoms with van der Waals surface area (Å²) < 4.78 is 95.3. The maximum Gasteiger partial charge on any atom is 0.451 e. The largest absolute Gasteiger partial charge is 0.451 e. The lowest BCUT2D eigenvalue weighted by Crippen LogP contribution is -2.44. The van der Waals surface area contributed by atoms with Crippen LogP contribution in [0.25, 0.3) is 11.3 Å². The molecule has 1 saturated heterocycles. The van der Waals surface area contributed by atoms with Gasteiger partial charge in [-0.1, -0.05) is 15.9 Å². The number of carbonyl (C=O) groups is 1. The first-order valence-corrected chi connectivity index (χ1v) is 13.5. The summed E-state index contributed by atoms with van der Waals surface area (Å²) >= 11 is 3.22. The first-order chi connectivity index (χ1) is 17.8. The van der Waals surface area contributed by atoms with Crippen molar-refractivity contribution in [3.63, 3.8) is 0 Å². The van der Waals surface area contributed by atoms with Crippen LogP contribution in [-0.4, -0.2) is 51.7 Å². The third kappa shape index (κ3) is 5.76. The Morgan fingerprint density at radius 1 is 1.11 bits per heavy atom. The number of nitrogens with zero attached hydrogens (tertiary/aromatic N) is 4. The van der Waals surface area contributed by atoms with E-state index in [0.717, 1.165) is 22.9 Å². The highest BCUT2D eigenvalue weighted by molar-refractivity contribution is 9.10. The maximum atomic E-state index is 14.6. The molecule has 0 unspecified atom stereocenters. The van der Waals surface area contributed by atoms with Crippen LogP contribution in [-0.2, 0) is 27.4 Å². The fourth-order valence-corrected chi connectivity index (χ4v) is 6.30. The molecule has 202 valence electrons. The van der Waals surface area contributed by atoms with Gasteiger partial charge in [-0.3, -0.25) is 9.78 Å². The van der Waals surface area contributed by atoms with Gasteiger partial charge < -0.3 is 0 Å². The predicted molar refractivity (Wildman–Crippen MR) is 129 cm³/mol. The molecule has 0 amide bonds. The molecule has 1 aromatic carbocycles. The Hall–Kier alpha value is -2.84. The van der Waals surface area contributed by atoms with Gasteiger partial charge in [-0.2, -0.15) is 17.5 Å². The highest BCUT2D eigenvalue weighted by atomic mass is 79.9. The number of sulfonamides is 1. The van der Waals surface area contributed by atoms with E-state index in [1.165, 1.54) is 37.3 Å². The van der Waals surface area contributed by atoms with Gasteiger partial charge in [0, 0.05) is 35.3 Å². The van der Waals surface area contributed by atoms with Crippen molar-refractivity contribution in [2.75, 3.05) is 0 Å². The van der Waals surface area contributed by atoms with Crippen molar-refractivity contribution < 1.29 is 35.2 Å². The van der Waals surface area contributed by atoms with Crippen molar-refractivity contribution in [3.8, 4) is 11.3 Å². The van der Waals surface area contributed by atoms with Crippen LogP contribution in [0, 0.1) is 5.82 Å². The molecule has 3 heterocycles. The van der Waals surface area contributed by atoms with Gasteiger partial charge in [0.2, 0.25) is 15.8 Å². The molecule has 1 aliphatic rings. The molecule has 0 N–H and O–H groups in total. The summed E-state index contributed by atoms with van der Waals surface area (Å²) in [6.45, 7) is 1.38. The summed E-state index contributed by atoms with van der Waals surface area (Å²) in [7, 11) is -4.21. The van der Waals surface area contributed by atoms with Crippen molar-refractivity contribution in [3.05, 3.63) is 70.6 Å². The SMILES string of the molecule is C[C@H]1[C@H](F)C[C@@H](C(=O)CCc2cc(-c3cnc(C(F)(F)F)nc3)ncc2F)N1S(=O)(=O)c1ccc(Br)cc1. The smallest absolute Gasteiger partial charge is 0.298 e. The van der Waals surface area contributed by atoms with E-state index in [1.807, 2.05) is 0 Å². The predicted octanol–water partition coefficient (Wildman–Crippen LogP) is 5.15. The number of hydrogen-bond acceptors (Lipinski definition) is 6. The van der Waals surface area contributed by atoms with Crippen LogP contribution in [0.4, 0.5) is 22.0 Å². The summed E-state index contributed by atoms with van der Waals surface area (Å²) in [6.07, 6.45) is -4.45. The van der Waals surface area contributed by atoms with Gasteiger partial charge in [0.05, 0.1) is 28.9 Å². The first kappa shape index (κ1) is 28.2. The zero-order chi connectivity index (χ0) is 27.8. The summed E-state index contributed by atoms with van der Waals surface area (Å²) in [6, 6.07) is 4.62. The van der Waals surface area contributed by atoms with E-state index >= 15 is 0 Å². The molecule has 1 aliphatic heterocycles. The average molecular weight is 619 g/mol. The molecule has 7 nitrogen and oxygen atoms in total. The van der Waals surface area contributed by atoms with E-state index < -0.39 is 51.9 Å². The molecule has 14 heteroatoms. The summed E-state index contributed by atoms with van der Waals surface area (Å²) in [5.41, 5.74) is 0.205. The normalized spacial score (nSPS) is 20.6. The average Bonchev–Trinajstić information content (AvgIpc) is 3.18. The summed E-state index contributed by atoms with van der Waals surface area (Å²) in [5.74, 6) is -2.70. The van der Waals surface area contributed by atoms with Crippen molar-refractivity contribution in [1.29, 1.82) is 0 Å². The molecular formula is C24H20BrF5N4O3S. The van der Waals surface area contributed by atoms with Gasteiger partial charge in [0.1, 0.15) is 12.0 Å². The number of aromatic nitrogens is 3. The third-order valence-corrected chi connectivity index (χ3v) is 8.76. The van der Waals surface area contributed by atoms with E-state index in [0.29, 0.717) is 4.47 Å². The second-order valence-corrected chi connectivity index (χ2v) is 11.5. The number of rotatable bonds is 7. The van der Waals surface area contributed by atoms with Crippen LogP contribution >= 0.6 is 15.9 Å². The lowest BCUT2D eigenvalue weighted by Gasteiger charge is -2.26. The molecule has 0 aliphatic carbocycles. The van der Waals surface area contributed by atoms with Gasteiger partial charge in [-0.15, -0.1) is 0 Å². The Morgan fingerprint density at radius 2 is 1.74 bits per heavy atom. The quantitative estimate of drug-likeness (QED) is 0.340. The standard InChI is InChI=1S/C24H20BrF5N4O3S/c1-13-18(26)9-21(34(13)38(36,37)17-5-3-16(25)4-6-17)22(35)7-2-14-8-20(31-12-19(14)27)15-10-32-23(33-11-15)24(28,29)30/h3-6,8,10-13,18,21H,2,7,9H2,1H3/t13-,18+,21-/m0/s1. The van der Waals surface area contributed by atoms with Crippen molar-refractivity contribution in [2.45, 2.75) is 55.5 Å². The van der Waals surface area contributed by atoms with E-state index in [1.54, 1.807) is 0 Å². The number of pyridine rings is 1. The number of alkyl halides is 4. The Labute approximate surface area is 223 Å². The minimum Gasteiger partial charge on any atom is -0.298 e. The van der Waals surface area contributed by atoms with Crippen LogP contribution < -0.4 is 0 Å². The first-order valence-electron chi connectivity index (χ1n) is 11.3. The van der Waals surface area contributed by atoms with Crippen molar-refractivity contribution in [1.82, 2.24) is 19.3 Å². The van der Waals surface area contributed by atoms with Crippen LogP contribution in [0.2, 0.25) is 0 Å². The summed E-state index contributed by atoms with van der Waals surface area (Å²) in [5, 5.41) is 0. The molecule has 2 aromatic heterocycles. The lowest BCUT2D eigenvalue weighted by atomic mass is 10.0. The minimum absolute atomic E-state index is 0.0217. The Morgan fingerprint density at radius 3 is 2.34 bits per heavy atom. The molecule has 3 aromatic rings. The van der Waals surface area contributed by atoms with Crippen LogP contribution in [0.1, 0.15) is 31.2 Å². The second kappa shape index (κ2) is 10.7. The molecular weight excluding hydrogens is 599 g/mol. The molecule has 0 saturated carbocycles. The van der Waals surface area contributed by atoms with Crippen LogP contribution in [0.5, 0.6) is 0 Å². The maximum absolute atomic E-state index is 14.6. The molecule has 3 atom stereocenters. The van der Waals surface area contributed by atoms with Gasteiger partial charge >= 0.3 is 6.18 Å². The minimum atomic E-state index is -4.73. The molecule has 4 rings (SSSR count). The molecule has 0 bridgehead atoms. The van der Waals surface area contributed by atoms with E-state index in [2.05, 4.69) is 30.9 Å². The van der Waals surface area contributed by atoms with Crippen LogP contribution in [0.15, 0.2) is 58.3 Å². The van der Waals surface area contributed by atoms with E-state index in [-0.39, 0.29) is 41.0 Å². The number of carbonyl (C=O) groups excluding carboxylic acids is 1. The zero-order valence-corrected chi connectivity index (χ0v) is 22.1. The van der Waals surface area contributed by atoms with Crippen molar-refractivity contribution >= 4 is 31.7 Å². The topological polar surface area (TPSA) is 93.1 Å². The van der Waals surface area contributed by atoms with E-state index in [4.69, 9.17) is 0 Å². The molecule has 0 radical (unpaired) electrons. The van der Waals surface area contributed by atoms with Gasteiger partial charge in [-0.05, 0) is 49.2 Å². The highest BCUT2D eigenvalue weighted by Gasteiger charge is 2.48. The molecule has 0 spiro atoms. The Kier molecular flexibility index (Phi) is 7.96. The number of Topliss-reactive ketones (excluding diaryl/α,β-unsaturated/α-hetero) is 1. The number of aryl methyl sites for hydroxylation is 1. The molecule has 1 fully saturated rings. The third-order valence-electron chi connectivity index (χ3n) is 6.22. The van der Waals surface area contributed by atoms with E-state index in [9.17, 15) is 35.2 Å².